The molecule has 2 saturated heterocycles. The van der Waals surface area contributed by atoms with Crippen LogP contribution >= 0.6 is 0 Å². The highest BCUT2D eigenvalue weighted by Gasteiger charge is 2.23. The molecule has 7 nitrogen and oxygen atoms in total. The third-order valence-electron chi connectivity index (χ3n) is 6.03. The Balaban J connectivity index is 1.38. The molecule has 2 aromatic rings. The molecular weight excluding hydrogens is 370 g/mol. The van der Waals surface area contributed by atoms with Gasteiger partial charge in [-0.3, -0.25) is 14.6 Å². The molecule has 0 saturated carbocycles. The molecule has 0 bridgehead atoms. The number of hydrogen-bond acceptors (Lipinski definition) is 6. The zero-order chi connectivity index (χ0) is 20.4. The molecule has 2 aliphatic rings. The summed E-state index contributed by atoms with van der Waals surface area (Å²) in [5, 5.41) is 1.01. The van der Waals surface area contributed by atoms with Crippen LogP contribution in [0.25, 0.3) is 11.0 Å². The van der Waals surface area contributed by atoms with Crippen molar-refractivity contribution in [3.05, 3.63) is 45.3 Å². The molecule has 1 aromatic heterocycles. The number of benzene rings is 1. The van der Waals surface area contributed by atoms with Gasteiger partial charge in [-0.05, 0) is 42.7 Å². The summed E-state index contributed by atoms with van der Waals surface area (Å²) in [6.07, 6.45) is 0. The number of aryl methyl sites for hydroxylation is 2. The number of fused-ring (bicyclic) bond motifs is 1. The Hall–Kier alpha value is -2.22. The van der Waals surface area contributed by atoms with Gasteiger partial charge >= 0.3 is 5.63 Å². The van der Waals surface area contributed by atoms with E-state index in [0.29, 0.717) is 38.4 Å². The quantitative estimate of drug-likeness (QED) is 0.724. The first-order valence-electron chi connectivity index (χ1n) is 10.3. The van der Waals surface area contributed by atoms with Gasteiger partial charge < -0.3 is 14.1 Å². The van der Waals surface area contributed by atoms with E-state index in [0.717, 1.165) is 49.2 Å². The first-order valence-corrected chi connectivity index (χ1v) is 10.3. The Kier molecular flexibility index (Phi) is 5.99. The van der Waals surface area contributed by atoms with Gasteiger partial charge in [-0.1, -0.05) is 0 Å². The number of carbonyl (C=O) groups excluding carboxylic acids is 1. The smallest absolute Gasteiger partial charge is 0.336 e. The highest BCUT2D eigenvalue weighted by Crippen LogP contribution is 2.23. The van der Waals surface area contributed by atoms with Crippen molar-refractivity contribution in [2.24, 2.45) is 0 Å². The van der Waals surface area contributed by atoms with Crippen molar-refractivity contribution in [2.45, 2.75) is 20.4 Å². The fourth-order valence-corrected chi connectivity index (χ4v) is 4.06. The second-order valence-electron chi connectivity index (χ2n) is 8.07. The largest absolute Gasteiger partial charge is 0.423 e. The zero-order valence-electron chi connectivity index (χ0n) is 17.3. The lowest BCUT2D eigenvalue weighted by Crippen LogP contribution is -2.51. The van der Waals surface area contributed by atoms with E-state index in [4.69, 9.17) is 9.15 Å². The minimum absolute atomic E-state index is 0.194. The third kappa shape index (κ3) is 4.69. The predicted molar refractivity (Wildman–Crippen MR) is 111 cm³/mol. The molecular formula is C22H29N3O4. The topological polar surface area (TPSA) is 66.2 Å². The summed E-state index contributed by atoms with van der Waals surface area (Å²) in [5.41, 5.74) is 3.68. The molecule has 2 aliphatic heterocycles. The minimum atomic E-state index is -0.300. The van der Waals surface area contributed by atoms with E-state index < -0.39 is 0 Å². The highest BCUT2D eigenvalue weighted by molar-refractivity contribution is 5.82. The lowest BCUT2D eigenvalue weighted by molar-refractivity contribution is -0.136. The van der Waals surface area contributed by atoms with Crippen LogP contribution in [0.15, 0.2) is 27.4 Å². The number of piperazine rings is 1. The van der Waals surface area contributed by atoms with Crippen LogP contribution < -0.4 is 5.63 Å². The summed E-state index contributed by atoms with van der Waals surface area (Å²) < 4.78 is 10.7. The van der Waals surface area contributed by atoms with Crippen molar-refractivity contribution in [3.63, 3.8) is 0 Å². The van der Waals surface area contributed by atoms with Gasteiger partial charge in [-0.25, -0.2) is 4.79 Å². The first kappa shape index (κ1) is 20.1. The summed E-state index contributed by atoms with van der Waals surface area (Å²) in [5.74, 6) is 0.194. The SMILES string of the molecule is Cc1cc2oc(=O)cc(CN3CCN(CC(=O)N4CCOCC4)CC3)c2cc1C. The van der Waals surface area contributed by atoms with Gasteiger partial charge in [-0.2, -0.15) is 0 Å². The predicted octanol–water partition coefficient (Wildman–Crippen LogP) is 1.39. The molecule has 2 fully saturated rings. The Morgan fingerprint density at radius 2 is 1.59 bits per heavy atom. The molecule has 0 unspecified atom stereocenters. The molecule has 0 atom stereocenters. The van der Waals surface area contributed by atoms with Crippen molar-refractivity contribution in [1.82, 2.24) is 14.7 Å². The van der Waals surface area contributed by atoms with Gasteiger partial charge in [0.2, 0.25) is 5.91 Å². The van der Waals surface area contributed by atoms with E-state index in [9.17, 15) is 9.59 Å². The van der Waals surface area contributed by atoms with E-state index in [1.54, 1.807) is 6.07 Å². The number of hydrogen-bond donors (Lipinski definition) is 0. The van der Waals surface area contributed by atoms with Gasteiger partial charge in [0.15, 0.2) is 0 Å². The lowest BCUT2D eigenvalue weighted by atomic mass is 10.0. The van der Waals surface area contributed by atoms with E-state index >= 15 is 0 Å². The second-order valence-corrected chi connectivity index (χ2v) is 8.07. The molecule has 0 aliphatic carbocycles. The van der Waals surface area contributed by atoms with Gasteiger partial charge in [0.25, 0.3) is 0 Å². The van der Waals surface area contributed by atoms with Crippen molar-refractivity contribution in [2.75, 3.05) is 59.0 Å². The normalized spacial score (nSPS) is 19.0. The minimum Gasteiger partial charge on any atom is -0.423 e. The van der Waals surface area contributed by atoms with Crippen LogP contribution in [-0.2, 0) is 16.1 Å². The average Bonchev–Trinajstić information content (AvgIpc) is 2.71. The monoisotopic (exact) mass is 399 g/mol. The summed E-state index contributed by atoms with van der Waals surface area (Å²) in [4.78, 5) is 30.9. The Labute approximate surface area is 170 Å². The average molecular weight is 399 g/mol. The number of nitrogens with zero attached hydrogens (tertiary/aromatic N) is 3. The van der Waals surface area contributed by atoms with E-state index in [1.165, 1.54) is 5.56 Å². The zero-order valence-corrected chi connectivity index (χ0v) is 17.3. The molecule has 1 amide bonds. The number of ether oxygens (including phenoxy) is 1. The molecule has 0 radical (unpaired) electrons. The second kappa shape index (κ2) is 8.65. The fourth-order valence-electron chi connectivity index (χ4n) is 4.06. The molecule has 4 rings (SSSR count). The van der Waals surface area contributed by atoms with Crippen LogP contribution in [0.5, 0.6) is 0 Å². The van der Waals surface area contributed by atoms with Crippen LogP contribution in [0.2, 0.25) is 0 Å². The van der Waals surface area contributed by atoms with Gasteiger partial charge in [-0.15, -0.1) is 0 Å². The summed E-state index contributed by atoms with van der Waals surface area (Å²) in [6.45, 7) is 11.4. The number of rotatable bonds is 4. The van der Waals surface area contributed by atoms with E-state index in [2.05, 4.69) is 22.8 Å². The Morgan fingerprint density at radius 3 is 2.31 bits per heavy atom. The van der Waals surface area contributed by atoms with Crippen LogP contribution in [-0.4, -0.2) is 79.6 Å². The lowest BCUT2D eigenvalue weighted by Gasteiger charge is -2.36. The molecule has 7 heteroatoms. The van der Waals surface area contributed by atoms with Gasteiger partial charge in [0.1, 0.15) is 5.58 Å². The van der Waals surface area contributed by atoms with Crippen molar-refractivity contribution in [1.29, 1.82) is 0 Å². The third-order valence-corrected chi connectivity index (χ3v) is 6.03. The van der Waals surface area contributed by atoms with E-state index in [1.807, 2.05) is 17.9 Å². The maximum absolute atomic E-state index is 12.5. The van der Waals surface area contributed by atoms with Gasteiger partial charge in [0.05, 0.1) is 19.8 Å². The molecule has 3 heterocycles. The Bertz CT molecular complexity index is 941. The van der Waals surface area contributed by atoms with Crippen LogP contribution in [0.4, 0.5) is 0 Å². The fraction of sp³-hybridized carbons (Fsp3) is 0.545. The van der Waals surface area contributed by atoms with Gasteiger partial charge in [0, 0.05) is 57.3 Å². The van der Waals surface area contributed by atoms with Crippen LogP contribution in [0, 0.1) is 13.8 Å². The first-order chi connectivity index (χ1) is 14.0. The maximum atomic E-state index is 12.5. The number of amides is 1. The standard InChI is InChI=1S/C22H29N3O4/c1-16-11-19-18(13-22(27)29-20(19)12-17(16)2)14-23-3-5-24(6-4-23)15-21(26)25-7-9-28-10-8-25/h11-13H,3-10,14-15H2,1-2H3. The van der Waals surface area contributed by atoms with E-state index in [-0.39, 0.29) is 11.5 Å². The van der Waals surface area contributed by atoms with Crippen molar-refractivity contribution >= 4 is 16.9 Å². The summed E-state index contributed by atoms with van der Waals surface area (Å²) in [6, 6.07) is 5.68. The maximum Gasteiger partial charge on any atom is 0.336 e. The molecule has 1 aromatic carbocycles. The Morgan fingerprint density at radius 1 is 0.931 bits per heavy atom. The summed E-state index contributed by atoms with van der Waals surface area (Å²) >= 11 is 0. The number of carbonyl (C=O) groups is 1. The molecule has 0 spiro atoms. The van der Waals surface area contributed by atoms with Crippen molar-refractivity contribution < 1.29 is 13.9 Å². The molecule has 156 valence electrons. The summed E-state index contributed by atoms with van der Waals surface area (Å²) in [7, 11) is 0. The number of morpholine rings is 1. The molecule has 0 N–H and O–H groups in total. The van der Waals surface area contributed by atoms with Crippen LogP contribution in [0.1, 0.15) is 16.7 Å². The highest BCUT2D eigenvalue weighted by atomic mass is 16.5. The van der Waals surface area contributed by atoms with Crippen molar-refractivity contribution in [3.8, 4) is 0 Å². The molecule has 29 heavy (non-hydrogen) atoms. The van der Waals surface area contributed by atoms with Crippen LogP contribution in [0.3, 0.4) is 0 Å².